The lowest BCUT2D eigenvalue weighted by Gasteiger charge is -2.34. The lowest BCUT2D eigenvalue weighted by Crippen LogP contribution is -2.57. The minimum absolute atomic E-state index is 0.0395. The number of likely N-dealkylation sites (N-methyl/N-ethyl adjacent to an activating group) is 1. The molecule has 20 heavy (non-hydrogen) atoms. The van der Waals surface area contributed by atoms with Crippen molar-refractivity contribution >= 4 is 10.0 Å². The van der Waals surface area contributed by atoms with Crippen LogP contribution in [-0.4, -0.2) is 59.2 Å². The highest BCUT2D eigenvalue weighted by molar-refractivity contribution is 7.89. The van der Waals surface area contributed by atoms with E-state index in [1.807, 2.05) is 0 Å². The molecule has 0 unspecified atom stereocenters. The van der Waals surface area contributed by atoms with Crippen LogP contribution >= 0.6 is 0 Å². The average Bonchev–Trinajstić information content (AvgIpc) is 2.37. The number of hydrogen-bond acceptors (Lipinski definition) is 5. The third-order valence-corrected chi connectivity index (χ3v) is 5.26. The Hall–Kier alpha value is -1.15. The molecule has 0 saturated carbocycles. The van der Waals surface area contributed by atoms with E-state index >= 15 is 0 Å². The van der Waals surface area contributed by atoms with Gasteiger partial charge in [0.15, 0.2) is 0 Å². The van der Waals surface area contributed by atoms with E-state index in [1.165, 1.54) is 4.31 Å². The lowest BCUT2D eigenvalue weighted by atomic mass is 10.2. The van der Waals surface area contributed by atoms with Crippen LogP contribution in [0, 0.1) is 0 Å². The van der Waals surface area contributed by atoms with Gasteiger partial charge in [-0.15, -0.1) is 0 Å². The Labute approximate surface area is 119 Å². The summed E-state index contributed by atoms with van der Waals surface area (Å²) in [5, 5.41) is 3.07. The zero-order valence-corrected chi connectivity index (χ0v) is 12.5. The molecular weight excluding hydrogens is 280 g/mol. The highest BCUT2D eigenvalue weighted by Crippen LogP contribution is 2.21. The minimum atomic E-state index is -3.43. The number of ether oxygens (including phenoxy) is 2. The molecule has 0 amide bonds. The second kappa shape index (κ2) is 6.53. The SMILES string of the molecule is COCCOc1ccc(S(=O)(=O)N(C)C2CNC2)cc1. The topological polar surface area (TPSA) is 67.9 Å². The van der Waals surface area contributed by atoms with Crippen LogP contribution < -0.4 is 10.1 Å². The first kappa shape index (κ1) is 15.2. The fourth-order valence-corrected chi connectivity index (χ4v) is 3.20. The van der Waals surface area contributed by atoms with Crippen LogP contribution in [-0.2, 0) is 14.8 Å². The van der Waals surface area contributed by atoms with Crippen LogP contribution in [0.25, 0.3) is 0 Å². The molecule has 0 atom stereocenters. The van der Waals surface area contributed by atoms with E-state index < -0.39 is 10.0 Å². The summed E-state index contributed by atoms with van der Waals surface area (Å²) in [4.78, 5) is 0.283. The molecule has 6 nitrogen and oxygen atoms in total. The molecule has 0 radical (unpaired) electrons. The number of sulfonamides is 1. The summed E-state index contributed by atoms with van der Waals surface area (Å²) < 4.78 is 36.5. The fraction of sp³-hybridized carbons (Fsp3) is 0.538. The van der Waals surface area contributed by atoms with Crippen LogP contribution in [0.1, 0.15) is 0 Å². The summed E-state index contributed by atoms with van der Waals surface area (Å²) in [7, 11) is -0.212. The molecule has 1 saturated heterocycles. The number of benzene rings is 1. The fourth-order valence-electron chi connectivity index (χ4n) is 1.84. The maximum atomic E-state index is 12.4. The molecule has 1 aromatic rings. The van der Waals surface area contributed by atoms with Crippen LogP contribution in [0.2, 0.25) is 0 Å². The molecule has 1 N–H and O–H groups in total. The third kappa shape index (κ3) is 3.29. The number of nitrogens with zero attached hydrogens (tertiary/aromatic N) is 1. The normalized spacial score (nSPS) is 16.1. The van der Waals surface area contributed by atoms with Gasteiger partial charge < -0.3 is 14.8 Å². The van der Waals surface area contributed by atoms with E-state index in [0.717, 1.165) is 0 Å². The van der Waals surface area contributed by atoms with Gasteiger partial charge in [-0.1, -0.05) is 0 Å². The number of rotatable bonds is 7. The lowest BCUT2D eigenvalue weighted by molar-refractivity contribution is 0.146. The van der Waals surface area contributed by atoms with Crippen molar-refractivity contribution in [3.05, 3.63) is 24.3 Å². The standard InChI is InChI=1S/C13H20N2O4S/c1-15(11-9-14-10-11)20(16,17)13-5-3-12(4-6-13)19-8-7-18-2/h3-6,11,14H,7-10H2,1-2H3. The predicted octanol–water partition coefficient (Wildman–Crippen LogP) is 0.304. The summed E-state index contributed by atoms with van der Waals surface area (Å²) in [6, 6.07) is 6.50. The molecule has 0 spiro atoms. The Balaban J connectivity index is 2.04. The van der Waals surface area contributed by atoms with E-state index in [9.17, 15) is 8.42 Å². The second-order valence-electron chi connectivity index (χ2n) is 4.65. The monoisotopic (exact) mass is 300 g/mol. The zero-order chi connectivity index (χ0) is 14.6. The first-order chi connectivity index (χ1) is 9.55. The first-order valence-corrected chi connectivity index (χ1v) is 7.90. The van der Waals surface area contributed by atoms with Gasteiger partial charge in [0.2, 0.25) is 10.0 Å². The maximum absolute atomic E-state index is 12.4. The summed E-state index contributed by atoms with van der Waals surface area (Å²) in [6.07, 6.45) is 0. The average molecular weight is 300 g/mol. The van der Waals surface area contributed by atoms with Gasteiger partial charge in [0.25, 0.3) is 0 Å². The smallest absolute Gasteiger partial charge is 0.243 e. The summed E-state index contributed by atoms with van der Waals surface area (Å²) in [5.74, 6) is 0.633. The van der Waals surface area contributed by atoms with Gasteiger partial charge in [0.05, 0.1) is 11.5 Å². The quantitative estimate of drug-likeness (QED) is 0.734. The van der Waals surface area contributed by atoms with E-state index in [1.54, 1.807) is 38.4 Å². The number of hydrogen-bond donors (Lipinski definition) is 1. The number of methoxy groups -OCH3 is 1. The van der Waals surface area contributed by atoms with Crippen molar-refractivity contribution in [1.82, 2.24) is 9.62 Å². The van der Waals surface area contributed by atoms with Gasteiger partial charge in [0, 0.05) is 33.3 Å². The Morgan fingerprint density at radius 1 is 1.25 bits per heavy atom. The van der Waals surface area contributed by atoms with Crippen LogP contribution in [0.4, 0.5) is 0 Å². The molecular formula is C13H20N2O4S. The Morgan fingerprint density at radius 3 is 2.40 bits per heavy atom. The van der Waals surface area contributed by atoms with Crippen molar-refractivity contribution in [2.75, 3.05) is 40.5 Å². The molecule has 112 valence electrons. The Morgan fingerprint density at radius 2 is 1.90 bits per heavy atom. The van der Waals surface area contributed by atoms with Crippen molar-refractivity contribution < 1.29 is 17.9 Å². The minimum Gasteiger partial charge on any atom is -0.491 e. The first-order valence-electron chi connectivity index (χ1n) is 6.46. The molecule has 1 aromatic carbocycles. The van der Waals surface area contributed by atoms with Gasteiger partial charge in [-0.05, 0) is 24.3 Å². The van der Waals surface area contributed by atoms with E-state index in [0.29, 0.717) is 32.1 Å². The molecule has 1 aliphatic heterocycles. The predicted molar refractivity (Wildman–Crippen MR) is 75.4 cm³/mol. The summed E-state index contributed by atoms with van der Waals surface area (Å²) in [6.45, 7) is 2.34. The van der Waals surface area contributed by atoms with Crippen molar-refractivity contribution in [2.24, 2.45) is 0 Å². The van der Waals surface area contributed by atoms with Crippen LogP contribution in [0.15, 0.2) is 29.2 Å². The molecule has 0 aromatic heterocycles. The van der Waals surface area contributed by atoms with Crippen molar-refractivity contribution in [3.63, 3.8) is 0 Å². The van der Waals surface area contributed by atoms with E-state index in [2.05, 4.69) is 5.32 Å². The molecule has 7 heteroatoms. The van der Waals surface area contributed by atoms with Crippen molar-refractivity contribution in [1.29, 1.82) is 0 Å². The third-order valence-electron chi connectivity index (χ3n) is 3.33. The van der Waals surface area contributed by atoms with Gasteiger partial charge in [0.1, 0.15) is 12.4 Å². The summed E-state index contributed by atoms with van der Waals surface area (Å²) in [5.41, 5.74) is 0. The maximum Gasteiger partial charge on any atom is 0.243 e. The zero-order valence-electron chi connectivity index (χ0n) is 11.7. The largest absolute Gasteiger partial charge is 0.491 e. The molecule has 1 heterocycles. The molecule has 0 bridgehead atoms. The second-order valence-corrected chi connectivity index (χ2v) is 6.64. The molecule has 0 aliphatic carbocycles. The van der Waals surface area contributed by atoms with Crippen LogP contribution in [0.3, 0.4) is 0 Å². The van der Waals surface area contributed by atoms with Gasteiger partial charge in [-0.25, -0.2) is 8.42 Å². The van der Waals surface area contributed by atoms with Gasteiger partial charge >= 0.3 is 0 Å². The highest BCUT2D eigenvalue weighted by Gasteiger charge is 2.31. The molecule has 1 fully saturated rings. The number of nitrogens with one attached hydrogen (secondary N) is 1. The van der Waals surface area contributed by atoms with Crippen molar-refractivity contribution in [2.45, 2.75) is 10.9 Å². The van der Waals surface area contributed by atoms with Gasteiger partial charge in [-0.3, -0.25) is 0 Å². The van der Waals surface area contributed by atoms with E-state index in [4.69, 9.17) is 9.47 Å². The Kier molecular flexibility index (Phi) is 4.98. The summed E-state index contributed by atoms with van der Waals surface area (Å²) >= 11 is 0. The Bertz CT molecular complexity index is 526. The van der Waals surface area contributed by atoms with Gasteiger partial charge in [-0.2, -0.15) is 4.31 Å². The molecule has 2 rings (SSSR count). The highest BCUT2D eigenvalue weighted by atomic mass is 32.2. The van der Waals surface area contributed by atoms with Crippen molar-refractivity contribution in [3.8, 4) is 5.75 Å². The van der Waals surface area contributed by atoms with Crippen LogP contribution in [0.5, 0.6) is 5.75 Å². The van der Waals surface area contributed by atoms with E-state index in [-0.39, 0.29) is 10.9 Å². The molecule has 1 aliphatic rings.